The van der Waals surface area contributed by atoms with Crippen LogP contribution in [0.1, 0.15) is 65.7 Å². The van der Waals surface area contributed by atoms with Gasteiger partial charge in [-0.15, -0.1) is 0 Å². The first-order chi connectivity index (χ1) is 24.1. The van der Waals surface area contributed by atoms with E-state index in [0.717, 1.165) is 58.4 Å². The highest BCUT2D eigenvalue weighted by Crippen LogP contribution is 2.43. The van der Waals surface area contributed by atoms with Gasteiger partial charge in [0, 0.05) is 44.7 Å². The van der Waals surface area contributed by atoms with Gasteiger partial charge in [0.15, 0.2) is 0 Å². The molecule has 2 heterocycles. The Morgan fingerprint density at radius 3 is 2.22 bits per heavy atom. The minimum Gasteiger partial charge on any atom is -0.315 e. The van der Waals surface area contributed by atoms with E-state index in [2.05, 4.69) is 144 Å². The smallest absolute Gasteiger partial charge is 0.0992 e. The molecule has 234 valence electrons. The molecule has 0 spiro atoms. The second-order valence-electron chi connectivity index (χ2n) is 13.4. The molecule has 0 bridgehead atoms. The monoisotopic (exact) mass is 630 g/mol. The van der Waals surface area contributed by atoms with Crippen LogP contribution in [0.3, 0.4) is 0 Å². The molecule has 0 radical (unpaired) electrons. The SMILES string of the molecule is CC1CC=Cc2c1c1ccccc1n2-c1ccc(-c2cc(C#N)cc(C3=C(n4c5c(c6ccccc64)C=CCC5)C(C#N)CC=C3)c2)cc1. The van der Waals surface area contributed by atoms with Crippen LogP contribution in [-0.4, -0.2) is 9.13 Å². The van der Waals surface area contributed by atoms with E-state index in [-0.39, 0.29) is 5.92 Å². The molecule has 2 unspecified atom stereocenters. The van der Waals surface area contributed by atoms with Gasteiger partial charge in [0.05, 0.1) is 34.7 Å². The predicted molar refractivity (Wildman–Crippen MR) is 201 cm³/mol. The number of nitrogens with zero attached hydrogens (tertiary/aromatic N) is 4. The molecular formula is C45H34N4. The van der Waals surface area contributed by atoms with Gasteiger partial charge in [-0.3, -0.25) is 0 Å². The third-order valence-corrected chi connectivity index (χ3v) is 10.5. The maximum atomic E-state index is 10.5. The molecule has 49 heavy (non-hydrogen) atoms. The first-order valence-electron chi connectivity index (χ1n) is 17.2. The van der Waals surface area contributed by atoms with Crippen LogP contribution in [0.2, 0.25) is 0 Å². The second-order valence-corrected chi connectivity index (χ2v) is 13.4. The van der Waals surface area contributed by atoms with Gasteiger partial charge < -0.3 is 9.13 Å². The average Bonchev–Trinajstić information content (AvgIpc) is 3.68. The van der Waals surface area contributed by atoms with Crippen LogP contribution in [0.4, 0.5) is 0 Å². The Morgan fingerprint density at radius 2 is 1.43 bits per heavy atom. The molecule has 6 aromatic rings. The lowest BCUT2D eigenvalue weighted by atomic mass is 9.87. The number of benzene rings is 4. The largest absolute Gasteiger partial charge is 0.315 e. The molecule has 2 aromatic heterocycles. The summed E-state index contributed by atoms with van der Waals surface area (Å²) >= 11 is 0. The van der Waals surface area contributed by atoms with E-state index in [4.69, 9.17) is 0 Å². The van der Waals surface area contributed by atoms with Crippen molar-refractivity contribution in [1.82, 2.24) is 9.13 Å². The molecule has 4 heteroatoms. The van der Waals surface area contributed by atoms with Crippen molar-refractivity contribution in [3.63, 3.8) is 0 Å². The summed E-state index contributed by atoms with van der Waals surface area (Å²) in [4.78, 5) is 0. The lowest BCUT2D eigenvalue weighted by Gasteiger charge is -2.26. The second kappa shape index (κ2) is 11.6. The lowest BCUT2D eigenvalue weighted by molar-refractivity contribution is 0.773. The summed E-state index contributed by atoms with van der Waals surface area (Å²) in [5.74, 6) is 0.163. The van der Waals surface area contributed by atoms with Gasteiger partial charge in [0.25, 0.3) is 0 Å². The van der Waals surface area contributed by atoms with Gasteiger partial charge in [-0.1, -0.05) is 85.8 Å². The van der Waals surface area contributed by atoms with Gasteiger partial charge >= 0.3 is 0 Å². The maximum absolute atomic E-state index is 10.5. The fourth-order valence-corrected chi connectivity index (χ4v) is 8.35. The van der Waals surface area contributed by atoms with Gasteiger partial charge in [-0.2, -0.15) is 10.5 Å². The van der Waals surface area contributed by atoms with E-state index in [9.17, 15) is 10.5 Å². The van der Waals surface area contributed by atoms with Crippen molar-refractivity contribution in [2.75, 3.05) is 0 Å². The molecular weight excluding hydrogens is 597 g/mol. The number of hydrogen-bond acceptors (Lipinski definition) is 2. The zero-order valence-corrected chi connectivity index (χ0v) is 27.4. The number of aromatic nitrogens is 2. The lowest BCUT2D eigenvalue weighted by Crippen LogP contribution is -2.15. The molecule has 0 saturated heterocycles. The number of nitriles is 2. The molecule has 2 atom stereocenters. The number of hydrogen-bond donors (Lipinski definition) is 0. The van der Waals surface area contributed by atoms with Crippen molar-refractivity contribution in [3.05, 3.63) is 149 Å². The Bertz CT molecular complexity index is 2530. The Kier molecular flexibility index (Phi) is 6.85. The third-order valence-electron chi connectivity index (χ3n) is 10.5. The minimum atomic E-state index is -0.307. The van der Waals surface area contributed by atoms with Crippen LogP contribution in [0, 0.1) is 28.6 Å². The Morgan fingerprint density at radius 1 is 0.694 bits per heavy atom. The highest BCUT2D eigenvalue weighted by molar-refractivity contribution is 6.01. The van der Waals surface area contributed by atoms with Gasteiger partial charge in [0.1, 0.15) is 0 Å². The molecule has 9 rings (SSSR count). The zero-order chi connectivity index (χ0) is 33.1. The summed E-state index contributed by atoms with van der Waals surface area (Å²) in [5, 5.41) is 23.2. The molecule has 0 amide bonds. The van der Waals surface area contributed by atoms with Crippen molar-refractivity contribution in [2.24, 2.45) is 5.92 Å². The third kappa shape index (κ3) is 4.56. The van der Waals surface area contributed by atoms with Crippen LogP contribution in [-0.2, 0) is 6.42 Å². The number of fused-ring (bicyclic) bond motifs is 6. The summed E-state index contributed by atoms with van der Waals surface area (Å²) in [7, 11) is 0. The number of rotatable bonds is 4. The summed E-state index contributed by atoms with van der Waals surface area (Å²) in [6.07, 6.45) is 16.9. The predicted octanol–water partition coefficient (Wildman–Crippen LogP) is 11.1. The molecule has 0 aliphatic heterocycles. The Hall–Kier alpha value is -6.10. The first-order valence-corrected chi connectivity index (χ1v) is 17.2. The molecule has 3 aliphatic rings. The number of allylic oxidation sites excluding steroid dienone is 6. The fraction of sp³-hybridized carbons (Fsp3) is 0.156. The average molecular weight is 631 g/mol. The molecule has 0 fully saturated rings. The maximum Gasteiger partial charge on any atom is 0.0992 e. The van der Waals surface area contributed by atoms with Crippen LogP contribution < -0.4 is 0 Å². The van der Waals surface area contributed by atoms with E-state index in [0.29, 0.717) is 17.9 Å². The summed E-state index contributed by atoms with van der Waals surface area (Å²) in [6, 6.07) is 37.1. The van der Waals surface area contributed by atoms with Crippen LogP contribution in [0.5, 0.6) is 0 Å². The fourth-order valence-electron chi connectivity index (χ4n) is 8.35. The van der Waals surface area contributed by atoms with Gasteiger partial charge in [0.2, 0.25) is 0 Å². The quantitative estimate of drug-likeness (QED) is 0.195. The highest BCUT2D eigenvalue weighted by atomic mass is 15.0. The Labute approximate surface area is 286 Å². The van der Waals surface area contributed by atoms with Crippen molar-refractivity contribution in [2.45, 2.75) is 38.5 Å². The molecule has 0 saturated carbocycles. The summed E-state index contributed by atoms with van der Waals surface area (Å²) < 4.78 is 4.73. The molecule has 4 nitrogen and oxygen atoms in total. The van der Waals surface area contributed by atoms with Gasteiger partial charge in [-0.25, -0.2) is 0 Å². The Balaban J connectivity index is 1.20. The first kappa shape index (κ1) is 29.1. The van der Waals surface area contributed by atoms with Crippen molar-refractivity contribution in [3.8, 4) is 29.0 Å². The van der Waals surface area contributed by atoms with Crippen molar-refractivity contribution < 1.29 is 0 Å². The van der Waals surface area contributed by atoms with Crippen molar-refractivity contribution >= 4 is 45.2 Å². The van der Waals surface area contributed by atoms with E-state index in [1.165, 1.54) is 38.8 Å². The van der Waals surface area contributed by atoms with E-state index in [1.807, 2.05) is 12.1 Å². The summed E-state index contributed by atoms with van der Waals surface area (Å²) in [6.45, 7) is 2.31. The molecule has 3 aliphatic carbocycles. The zero-order valence-electron chi connectivity index (χ0n) is 27.4. The van der Waals surface area contributed by atoms with Gasteiger partial charge in [-0.05, 0) is 102 Å². The normalized spacial score (nSPS) is 18.0. The minimum absolute atomic E-state index is 0.307. The van der Waals surface area contributed by atoms with Crippen LogP contribution in [0.25, 0.3) is 62.0 Å². The molecule has 4 aromatic carbocycles. The van der Waals surface area contributed by atoms with E-state index < -0.39 is 0 Å². The standard InChI is InChI=1S/C45H34N4/c1-29-10-8-19-43-44(29)39-14-4-7-18-42(39)48(43)35-22-20-31(21-23-35)33-24-30(27-46)25-34(26-33)36-15-9-11-32(28-47)45(36)49-40-16-5-2-12-37(40)38-13-3-6-17-41(38)49/h2-5,7-9,12-16,18-26,29,32H,6,10-11,17H2,1H3. The van der Waals surface area contributed by atoms with Crippen LogP contribution >= 0.6 is 0 Å². The molecule has 0 N–H and O–H groups in total. The topological polar surface area (TPSA) is 57.4 Å². The highest BCUT2D eigenvalue weighted by Gasteiger charge is 2.28. The number of para-hydroxylation sites is 2. The summed E-state index contributed by atoms with van der Waals surface area (Å²) in [5.41, 5.74) is 14.2. The van der Waals surface area contributed by atoms with Crippen LogP contribution in [0.15, 0.2) is 115 Å². The van der Waals surface area contributed by atoms with Crippen molar-refractivity contribution in [1.29, 1.82) is 10.5 Å². The van der Waals surface area contributed by atoms with E-state index >= 15 is 0 Å². The van der Waals surface area contributed by atoms with E-state index in [1.54, 1.807) is 0 Å².